The first kappa shape index (κ1) is 13.1. The van der Waals surface area contributed by atoms with Crippen molar-refractivity contribution in [2.45, 2.75) is 0 Å². The van der Waals surface area contributed by atoms with E-state index in [-0.39, 0.29) is 10.9 Å². The molecule has 0 aliphatic heterocycles. The summed E-state index contributed by atoms with van der Waals surface area (Å²) < 4.78 is 13.9. The van der Waals surface area contributed by atoms with Crippen molar-refractivity contribution in [1.82, 2.24) is 9.97 Å². The number of thiazole rings is 1. The highest BCUT2D eigenvalue weighted by atomic mass is 79.9. The number of hydrogen-bond donors (Lipinski definition) is 1. The molecule has 7 heteroatoms. The zero-order valence-electron chi connectivity index (χ0n) is 9.80. The summed E-state index contributed by atoms with van der Waals surface area (Å²) in [4.78, 5) is 20.5. The molecule has 3 rings (SSSR count). The van der Waals surface area contributed by atoms with Gasteiger partial charge in [0.05, 0.1) is 27.2 Å². The van der Waals surface area contributed by atoms with Crippen molar-refractivity contribution in [3.8, 4) is 10.6 Å². The number of hydrogen-bond acceptors (Lipinski definition) is 4. The molecule has 2 heterocycles. The van der Waals surface area contributed by atoms with Crippen LogP contribution in [0.15, 0.2) is 34.4 Å². The van der Waals surface area contributed by atoms with Crippen LogP contribution in [0.3, 0.4) is 0 Å². The number of carbonyl (C=O) groups is 1. The van der Waals surface area contributed by atoms with Crippen LogP contribution in [0.5, 0.6) is 0 Å². The van der Waals surface area contributed by atoms with Gasteiger partial charge in [0.1, 0.15) is 5.82 Å². The third-order valence-corrected chi connectivity index (χ3v) is 4.15. The van der Waals surface area contributed by atoms with Gasteiger partial charge in [0.25, 0.3) is 0 Å². The van der Waals surface area contributed by atoms with Crippen molar-refractivity contribution in [3.05, 3.63) is 45.8 Å². The molecular formula is C13H6BrFN2O2S. The Morgan fingerprint density at radius 2 is 2.15 bits per heavy atom. The van der Waals surface area contributed by atoms with Crippen molar-refractivity contribution in [2.75, 3.05) is 0 Å². The minimum atomic E-state index is -1.12. The number of benzene rings is 1. The number of carboxylic acid groups (broad SMARTS) is 1. The van der Waals surface area contributed by atoms with Crippen LogP contribution in [0.1, 0.15) is 10.4 Å². The molecule has 0 fully saturated rings. The fourth-order valence-electron chi connectivity index (χ4n) is 1.90. The molecule has 0 atom stereocenters. The zero-order valence-corrected chi connectivity index (χ0v) is 12.2. The number of aromatic nitrogens is 2. The standard InChI is InChI=1S/C13H6BrFN2O2S/c14-9-2-6(15)1-7-8(13(18)19)3-10(17-12(7)9)11-4-16-5-20-11/h1-5H,(H,18,19). The van der Waals surface area contributed by atoms with Gasteiger partial charge in [-0.05, 0) is 34.1 Å². The van der Waals surface area contributed by atoms with Gasteiger partial charge in [-0.25, -0.2) is 14.2 Å². The Balaban J connectivity index is 2.40. The molecule has 0 saturated heterocycles. The van der Waals surface area contributed by atoms with Gasteiger partial charge in [0, 0.05) is 16.1 Å². The molecule has 0 amide bonds. The summed E-state index contributed by atoms with van der Waals surface area (Å²) in [6.07, 6.45) is 1.61. The van der Waals surface area contributed by atoms with E-state index in [0.29, 0.717) is 15.7 Å². The van der Waals surface area contributed by atoms with Gasteiger partial charge in [0.15, 0.2) is 0 Å². The molecule has 2 aromatic heterocycles. The predicted molar refractivity (Wildman–Crippen MR) is 77.5 cm³/mol. The van der Waals surface area contributed by atoms with Gasteiger partial charge in [-0.3, -0.25) is 4.98 Å². The lowest BCUT2D eigenvalue weighted by atomic mass is 10.1. The minimum Gasteiger partial charge on any atom is -0.478 e. The van der Waals surface area contributed by atoms with Crippen LogP contribution in [0, 0.1) is 5.82 Å². The smallest absolute Gasteiger partial charge is 0.336 e. The topological polar surface area (TPSA) is 63.1 Å². The van der Waals surface area contributed by atoms with Crippen LogP contribution in [0.25, 0.3) is 21.5 Å². The van der Waals surface area contributed by atoms with Crippen LogP contribution >= 0.6 is 27.3 Å². The van der Waals surface area contributed by atoms with Gasteiger partial charge in [-0.1, -0.05) is 0 Å². The molecule has 1 N–H and O–H groups in total. The van der Waals surface area contributed by atoms with Crippen LogP contribution in [0.2, 0.25) is 0 Å². The van der Waals surface area contributed by atoms with Crippen molar-refractivity contribution < 1.29 is 14.3 Å². The lowest BCUT2D eigenvalue weighted by Gasteiger charge is -2.07. The van der Waals surface area contributed by atoms with Crippen LogP contribution in [-0.2, 0) is 0 Å². The SMILES string of the molecule is O=C(O)c1cc(-c2cncs2)nc2c(Br)cc(F)cc12. The third kappa shape index (κ3) is 2.19. The highest BCUT2D eigenvalue weighted by Crippen LogP contribution is 2.31. The average molecular weight is 353 g/mol. The first-order valence-electron chi connectivity index (χ1n) is 5.48. The molecule has 0 radical (unpaired) electrons. The Hall–Kier alpha value is -1.86. The predicted octanol–water partition coefficient (Wildman–Crippen LogP) is 3.96. The summed E-state index contributed by atoms with van der Waals surface area (Å²) in [6, 6.07) is 3.87. The van der Waals surface area contributed by atoms with Crippen molar-refractivity contribution >= 4 is 44.1 Å². The maximum Gasteiger partial charge on any atom is 0.336 e. The lowest BCUT2D eigenvalue weighted by Crippen LogP contribution is -2.01. The Morgan fingerprint density at radius 3 is 2.80 bits per heavy atom. The molecule has 3 aromatic rings. The maximum absolute atomic E-state index is 13.5. The molecule has 0 spiro atoms. The van der Waals surface area contributed by atoms with Crippen LogP contribution in [0.4, 0.5) is 4.39 Å². The molecule has 0 aliphatic rings. The van der Waals surface area contributed by atoms with E-state index < -0.39 is 11.8 Å². The average Bonchev–Trinajstić information content (AvgIpc) is 2.91. The van der Waals surface area contributed by atoms with E-state index in [1.807, 2.05) is 0 Å². The first-order valence-corrected chi connectivity index (χ1v) is 7.15. The van der Waals surface area contributed by atoms with E-state index >= 15 is 0 Å². The van der Waals surface area contributed by atoms with Gasteiger partial charge < -0.3 is 5.11 Å². The fraction of sp³-hybridized carbons (Fsp3) is 0. The number of halogens is 2. The van der Waals surface area contributed by atoms with Gasteiger partial charge in [0.2, 0.25) is 0 Å². The summed E-state index contributed by atoms with van der Waals surface area (Å²) in [5.41, 5.74) is 2.57. The monoisotopic (exact) mass is 352 g/mol. The van der Waals surface area contributed by atoms with Crippen molar-refractivity contribution in [2.24, 2.45) is 0 Å². The summed E-state index contributed by atoms with van der Waals surface area (Å²) in [5.74, 6) is -1.64. The summed E-state index contributed by atoms with van der Waals surface area (Å²) >= 11 is 4.58. The second-order valence-corrected chi connectivity index (χ2v) is 5.75. The van der Waals surface area contributed by atoms with E-state index in [9.17, 15) is 14.3 Å². The molecule has 0 aliphatic carbocycles. The Labute approximate surface area is 125 Å². The fourth-order valence-corrected chi connectivity index (χ4v) is 3.00. The summed E-state index contributed by atoms with van der Waals surface area (Å²) in [7, 11) is 0. The number of pyridine rings is 1. The number of fused-ring (bicyclic) bond motifs is 1. The van der Waals surface area contributed by atoms with Gasteiger partial charge in [-0.2, -0.15) is 0 Å². The molecule has 0 saturated carbocycles. The number of rotatable bonds is 2. The quantitative estimate of drug-likeness (QED) is 0.758. The third-order valence-electron chi connectivity index (χ3n) is 2.75. The Kier molecular flexibility index (Phi) is 3.23. The highest BCUT2D eigenvalue weighted by Gasteiger charge is 2.16. The van der Waals surface area contributed by atoms with Gasteiger partial charge >= 0.3 is 5.97 Å². The zero-order chi connectivity index (χ0) is 14.3. The highest BCUT2D eigenvalue weighted by molar-refractivity contribution is 9.10. The molecule has 20 heavy (non-hydrogen) atoms. The van der Waals surface area contributed by atoms with Crippen molar-refractivity contribution in [1.29, 1.82) is 0 Å². The van der Waals surface area contributed by atoms with Gasteiger partial charge in [-0.15, -0.1) is 11.3 Å². The maximum atomic E-state index is 13.5. The van der Waals surface area contributed by atoms with E-state index in [1.54, 1.807) is 11.7 Å². The normalized spacial score (nSPS) is 10.9. The Morgan fingerprint density at radius 1 is 1.35 bits per heavy atom. The number of nitrogens with zero attached hydrogens (tertiary/aromatic N) is 2. The summed E-state index contributed by atoms with van der Waals surface area (Å²) in [6.45, 7) is 0. The van der Waals surface area contributed by atoms with Crippen LogP contribution in [-0.4, -0.2) is 21.0 Å². The lowest BCUT2D eigenvalue weighted by molar-refractivity contribution is 0.0699. The second kappa shape index (κ2) is 4.92. The largest absolute Gasteiger partial charge is 0.478 e. The second-order valence-electron chi connectivity index (χ2n) is 4.01. The van der Waals surface area contributed by atoms with Crippen LogP contribution < -0.4 is 0 Å². The molecule has 1 aromatic carbocycles. The first-order chi connectivity index (χ1) is 9.56. The summed E-state index contributed by atoms with van der Waals surface area (Å²) in [5, 5.41) is 9.57. The minimum absolute atomic E-state index is 0.0126. The van der Waals surface area contributed by atoms with E-state index in [1.165, 1.54) is 29.5 Å². The van der Waals surface area contributed by atoms with Crippen molar-refractivity contribution in [3.63, 3.8) is 0 Å². The molecule has 0 unspecified atom stereocenters. The Bertz CT molecular complexity index is 821. The molecule has 4 nitrogen and oxygen atoms in total. The van der Waals surface area contributed by atoms with E-state index in [2.05, 4.69) is 25.9 Å². The molecular weight excluding hydrogens is 347 g/mol. The number of aromatic carboxylic acids is 1. The molecule has 100 valence electrons. The molecule has 0 bridgehead atoms. The number of carboxylic acids is 1. The van der Waals surface area contributed by atoms with E-state index in [0.717, 1.165) is 4.88 Å². The van der Waals surface area contributed by atoms with E-state index in [4.69, 9.17) is 0 Å².